The number of aliphatic hydroxyl groups is 1. The quantitative estimate of drug-likeness (QED) is 0.400. The van der Waals surface area contributed by atoms with Crippen LogP contribution >= 0.6 is 0 Å². The molecule has 10 nitrogen and oxygen atoms in total. The van der Waals surface area contributed by atoms with Gasteiger partial charge < -0.3 is 40.2 Å². The molecule has 0 spiro atoms. The van der Waals surface area contributed by atoms with E-state index in [1.165, 1.54) is 0 Å². The summed E-state index contributed by atoms with van der Waals surface area (Å²) < 4.78 is 17.6. The molecular weight excluding hydrogens is 512 g/mol. The summed E-state index contributed by atoms with van der Waals surface area (Å²) in [6, 6.07) is 11.2. The molecule has 0 fully saturated rings. The van der Waals surface area contributed by atoms with Crippen LogP contribution in [0.5, 0.6) is 11.5 Å². The van der Waals surface area contributed by atoms with E-state index in [2.05, 4.69) is 22.9 Å². The van der Waals surface area contributed by atoms with Gasteiger partial charge in [0.05, 0.1) is 37.5 Å². The van der Waals surface area contributed by atoms with Gasteiger partial charge >= 0.3 is 6.03 Å². The molecule has 3 rings (SSSR count). The first-order chi connectivity index (χ1) is 19.2. The zero-order valence-corrected chi connectivity index (χ0v) is 24.2. The van der Waals surface area contributed by atoms with Gasteiger partial charge in [-0.3, -0.25) is 4.79 Å². The number of fused-ring (bicyclic) bond motifs is 1. The first-order valence-electron chi connectivity index (χ1n) is 14.0. The summed E-state index contributed by atoms with van der Waals surface area (Å²) in [6.07, 6.45) is 2.45. The van der Waals surface area contributed by atoms with Crippen LogP contribution in [-0.4, -0.2) is 80.7 Å². The van der Waals surface area contributed by atoms with Crippen LogP contribution in [0.2, 0.25) is 0 Å². The maximum Gasteiger partial charge on any atom is 0.323 e. The minimum Gasteiger partial charge on any atom is -0.497 e. The molecule has 0 bridgehead atoms. The van der Waals surface area contributed by atoms with Crippen molar-refractivity contribution in [2.75, 3.05) is 51.1 Å². The second-order valence-corrected chi connectivity index (χ2v) is 10.4. The normalized spacial score (nSPS) is 21.4. The van der Waals surface area contributed by atoms with Gasteiger partial charge in [0.15, 0.2) is 0 Å². The number of carbonyl (C=O) groups excluding carboxylic acids is 2. The molecule has 0 saturated carbocycles. The third-order valence-corrected chi connectivity index (χ3v) is 7.06. The molecule has 1 aliphatic heterocycles. The van der Waals surface area contributed by atoms with E-state index in [1.807, 2.05) is 20.9 Å². The number of likely N-dealkylation sites (N-methyl/N-ethyl adjacent to an activating group) is 1. The van der Waals surface area contributed by atoms with Crippen molar-refractivity contribution in [2.24, 2.45) is 5.92 Å². The Hall–Kier alpha value is -3.34. The number of carbonyl (C=O) groups is 2. The second-order valence-electron chi connectivity index (χ2n) is 10.4. The van der Waals surface area contributed by atoms with Gasteiger partial charge in [0.25, 0.3) is 5.91 Å². The molecular formula is C30H44N4O6. The molecule has 0 saturated heterocycles. The minimum atomic E-state index is -0.450. The highest BCUT2D eigenvalue weighted by Gasteiger charge is 2.29. The van der Waals surface area contributed by atoms with Crippen molar-refractivity contribution in [3.05, 3.63) is 48.0 Å². The highest BCUT2D eigenvalue weighted by molar-refractivity contribution is 6.02. The number of amides is 3. The van der Waals surface area contributed by atoms with Crippen LogP contribution in [0.1, 0.15) is 50.4 Å². The molecule has 0 aliphatic carbocycles. The predicted octanol–water partition coefficient (Wildman–Crippen LogP) is 4.35. The van der Waals surface area contributed by atoms with Gasteiger partial charge in [-0.2, -0.15) is 0 Å². The van der Waals surface area contributed by atoms with Crippen LogP contribution in [-0.2, 0) is 4.74 Å². The van der Waals surface area contributed by atoms with E-state index >= 15 is 0 Å². The standard InChI is InChI=1S/C30H44N4O6/c1-20-18-34(21(2)19-35)29(36)26-16-24(33-30(37)32-23-9-12-25(38-5)13-10-23)11-14-27(26)40-22(3)8-6-7-15-39-28(20)17-31-4/h9-14,16,20-22,28,31,35H,6-8,15,17-19H2,1-5H3,(H2,32,33,37)/t20-,21-,22+,28-/m1/s1. The van der Waals surface area contributed by atoms with Crippen molar-refractivity contribution in [1.82, 2.24) is 10.2 Å². The van der Waals surface area contributed by atoms with E-state index in [1.54, 1.807) is 54.5 Å². The number of aliphatic hydroxyl groups excluding tert-OH is 1. The van der Waals surface area contributed by atoms with Crippen LogP contribution in [0.3, 0.4) is 0 Å². The maximum absolute atomic E-state index is 14.1. The Balaban J connectivity index is 1.90. The largest absolute Gasteiger partial charge is 0.497 e. The molecule has 4 N–H and O–H groups in total. The lowest BCUT2D eigenvalue weighted by Gasteiger charge is -2.34. The third-order valence-electron chi connectivity index (χ3n) is 7.06. The number of rotatable bonds is 7. The molecule has 0 radical (unpaired) electrons. The van der Waals surface area contributed by atoms with Gasteiger partial charge in [-0.1, -0.05) is 6.92 Å². The Kier molecular flexibility index (Phi) is 12.0. The minimum absolute atomic E-state index is 0.00761. The predicted molar refractivity (Wildman–Crippen MR) is 156 cm³/mol. The van der Waals surface area contributed by atoms with Crippen molar-refractivity contribution in [3.8, 4) is 11.5 Å². The maximum atomic E-state index is 14.1. The Bertz CT molecular complexity index is 1100. The van der Waals surface area contributed by atoms with E-state index in [4.69, 9.17) is 14.2 Å². The summed E-state index contributed by atoms with van der Waals surface area (Å²) in [5.41, 5.74) is 1.36. The van der Waals surface area contributed by atoms with Crippen molar-refractivity contribution in [3.63, 3.8) is 0 Å². The number of benzene rings is 2. The fourth-order valence-electron chi connectivity index (χ4n) is 4.66. The number of hydrogen-bond acceptors (Lipinski definition) is 7. The Morgan fingerprint density at radius 1 is 1.12 bits per heavy atom. The van der Waals surface area contributed by atoms with Crippen molar-refractivity contribution >= 4 is 23.3 Å². The zero-order chi connectivity index (χ0) is 29.1. The summed E-state index contributed by atoms with van der Waals surface area (Å²) in [6.45, 7) is 7.34. The third kappa shape index (κ3) is 8.84. The van der Waals surface area contributed by atoms with E-state index in [0.29, 0.717) is 48.1 Å². The fraction of sp³-hybridized carbons (Fsp3) is 0.533. The molecule has 10 heteroatoms. The number of nitrogens with zero attached hydrogens (tertiary/aromatic N) is 1. The highest BCUT2D eigenvalue weighted by Crippen LogP contribution is 2.28. The molecule has 4 atom stereocenters. The first-order valence-corrected chi connectivity index (χ1v) is 14.0. The topological polar surface area (TPSA) is 121 Å². The van der Waals surface area contributed by atoms with Crippen LogP contribution in [0.4, 0.5) is 16.2 Å². The van der Waals surface area contributed by atoms with Gasteiger partial charge in [0, 0.05) is 37.0 Å². The summed E-state index contributed by atoms with van der Waals surface area (Å²) in [5.74, 6) is 0.856. The number of nitrogens with one attached hydrogen (secondary N) is 3. The Morgan fingerprint density at radius 3 is 2.50 bits per heavy atom. The van der Waals surface area contributed by atoms with E-state index < -0.39 is 12.1 Å². The Morgan fingerprint density at radius 2 is 1.82 bits per heavy atom. The number of methoxy groups -OCH3 is 1. The summed E-state index contributed by atoms with van der Waals surface area (Å²) in [5, 5.41) is 18.8. The zero-order valence-electron chi connectivity index (χ0n) is 24.2. The van der Waals surface area contributed by atoms with Crippen LogP contribution in [0.25, 0.3) is 0 Å². The van der Waals surface area contributed by atoms with E-state index in [0.717, 1.165) is 19.3 Å². The Labute approximate surface area is 237 Å². The van der Waals surface area contributed by atoms with Crippen molar-refractivity contribution < 1.29 is 28.9 Å². The molecule has 0 unspecified atom stereocenters. The van der Waals surface area contributed by atoms with E-state index in [-0.39, 0.29) is 30.6 Å². The summed E-state index contributed by atoms with van der Waals surface area (Å²) in [7, 11) is 3.46. The van der Waals surface area contributed by atoms with Gasteiger partial charge in [0.2, 0.25) is 0 Å². The lowest BCUT2D eigenvalue weighted by Crippen LogP contribution is -2.47. The molecule has 2 aromatic carbocycles. The van der Waals surface area contributed by atoms with Crippen LogP contribution in [0.15, 0.2) is 42.5 Å². The summed E-state index contributed by atoms with van der Waals surface area (Å²) >= 11 is 0. The molecule has 3 amide bonds. The molecule has 220 valence electrons. The molecule has 1 aliphatic rings. The van der Waals surface area contributed by atoms with Gasteiger partial charge in [-0.15, -0.1) is 0 Å². The first kappa shape index (κ1) is 31.2. The number of anilines is 2. The van der Waals surface area contributed by atoms with Crippen molar-refractivity contribution in [1.29, 1.82) is 0 Å². The SMILES string of the molecule is CNC[C@H]1OCCCC[C@H](C)Oc2ccc(NC(=O)Nc3ccc(OC)cc3)cc2C(=O)N([C@H](C)CO)C[C@H]1C. The average Bonchev–Trinajstić information content (AvgIpc) is 2.95. The number of ether oxygens (including phenoxy) is 3. The second kappa shape index (κ2) is 15.4. The van der Waals surface area contributed by atoms with Gasteiger partial charge in [-0.05, 0) is 82.6 Å². The molecule has 0 aromatic heterocycles. The number of urea groups is 1. The van der Waals surface area contributed by atoms with Gasteiger partial charge in [-0.25, -0.2) is 4.79 Å². The monoisotopic (exact) mass is 556 g/mol. The van der Waals surface area contributed by atoms with Gasteiger partial charge in [0.1, 0.15) is 11.5 Å². The van der Waals surface area contributed by atoms with Crippen LogP contribution in [0, 0.1) is 5.92 Å². The van der Waals surface area contributed by atoms with Crippen molar-refractivity contribution in [2.45, 2.75) is 58.3 Å². The smallest absolute Gasteiger partial charge is 0.323 e. The summed E-state index contributed by atoms with van der Waals surface area (Å²) in [4.78, 5) is 28.5. The molecule has 2 aromatic rings. The van der Waals surface area contributed by atoms with Crippen LogP contribution < -0.4 is 25.4 Å². The lowest BCUT2D eigenvalue weighted by atomic mass is 10.0. The lowest BCUT2D eigenvalue weighted by molar-refractivity contribution is -0.000451. The fourth-order valence-corrected chi connectivity index (χ4v) is 4.66. The number of hydrogen-bond donors (Lipinski definition) is 4. The highest BCUT2D eigenvalue weighted by atomic mass is 16.5. The molecule has 40 heavy (non-hydrogen) atoms. The van der Waals surface area contributed by atoms with E-state index in [9.17, 15) is 14.7 Å². The average molecular weight is 557 g/mol. The molecule has 1 heterocycles.